The van der Waals surface area contributed by atoms with Crippen molar-refractivity contribution in [2.45, 2.75) is 6.42 Å². The van der Waals surface area contributed by atoms with Gasteiger partial charge in [0.05, 0.1) is 24.9 Å². The lowest BCUT2D eigenvalue weighted by molar-refractivity contribution is -0.139. The van der Waals surface area contributed by atoms with Gasteiger partial charge in [-0.2, -0.15) is 0 Å². The predicted molar refractivity (Wildman–Crippen MR) is 58.7 cm³/mol. The number of ether oxygens (including phenoxy) is 1. The third kappa shape index (κ3) is 2.17. The number of nitrogens with two attached hydrogens (primary N) is 2. The number of carbonyl (C=O) groups excluding carboxylic acids is 1. The van der Waals surface area contributed by atoms with E-state index < -0.39 is 0 Å². The van der Waals surface area contributed by atoms with Gasteiger partial charge in [-0.05, 0) is 12.1 Å². The fraction of sp³-hybridized carbons (Fsp3) is 0.222. The highest BCUT2D eigenvalue weighted by molar-refractivity contribution is 9.10. The molecule has 1 aromatic carbocycles. The molecular formula is C9H11BrN2O2. The fourth-order valence-corrected chi connectivity index (χ4v) is 1.54. The van der Waals surface area contributed by atoms with Crippen molar-refractivity contribution in [2.24, 2.45) is 0 Å². The Kier molecular flexibility index (Phi) is 3.35. The highest BCUT2D eigenvalue weighted by atomic mass is 79.9. The summed E-state index contributed by atoms with van der Waals surface area (Å²) in [5, 5.41) is 0. The van der Waals surface area contributed by atoms with Crippen molar-refractivity contribution in [3.8, 4) is 0 Å². The monoisotopic (exact) mass is 258 g/mol. The highest BCUT2D eigenvalue weighted by Gasteiger charge is 2.11. The van der Waals surface area contributed by atoms with Crippen LogP contribution in [-0.2, 0) is 16.0 Å². The minimum atomic E-state index is -0.344. The number of benzene rings is 1. The van der Waals surface area contributed by atoms with Crippen molar-refractivity contribution in [2.75, 3.05) is 18.6 Å². The maximum Gasteiger partial charge on any atom is 0.310 e. The maximum atomic E-state index is 11.1. The number of nitrogen functional groups attached to an aromatic ring is 2. The quantitative estimate of drug-likeness (QED) is 0.620. The summed E-state index contributed by atoms with van der Waals surface area (Å²) in [5.41, 5.74) is 12.9. The summed E-state index contributed by atoms with van der Waals surface area (Å²) in [6, 6.07) is 3.43. The molecule has 0 spiro atoms. The largest absolute Gasteiger partial charge is 0.469 e. The molecule has 0 unspecified atom stereocenters. The Labute approximate surface area is 90.3 Å². The number of hydrogen-bond donors (Lipinski definition) is 2. The minimum Gasteiger partial charge on any atom is -0.469 e. The molecule has 0 aliphatic rings. The van der Waals surface area contributed by atoms with Crippen LogP contribution in [0.2, 0.25) is 0 Å². The number of rotatable bonds is 2. The molecule has 14 heavy (non-hydrogen) atoms. The zero-order valence-electron chi connectivity index (χ0n) is 7.71. The molecule has 0 fully saturated rings. The molecule has 1 rings (SSSR count). The standard InChI is InChI=1S/C9H11BrN2O2/c1-14-8(13)4-5-6(10)2-3-7(11)9(5)12/h2-3H,4,11-12H2,1H3. The molecule has 0 aromatic heterocycles. The number of esters is 1. The Balaban J connectivity index is 3.06. The second-order valence-corrected chi connectivity index (χ2v) is 3.64. The second kappa shape index (κ2) is 4.32. The van der Waals surface area contributed by atoms with E-state index in [0.29, 0.717) is 16.9 Å². The van der Waals surface area contributed by atoms with Crippen LogP contribution < -0.4 is 11.5 Å². The predicted octanol–water partition coefficient (Wildman–Crippen LogP) is 1.33. The smallest absolute Gasteiger partial charge is 0.310 e. The van der Waals surface area contributed by atoms with Crippen LogP contribution in [-0.4, -0.2) is 13.1 Å². The number of methoxy groups -OCH3 is 1. The number of carbonyl (C=O) groups is 1. The molecule has 0 radical (unpaired) electrons. The molecule has 4 N–H and O–H groups in total. The summed E-state index contributed by atoms with van der Waals surface area (Å²) < 4.78 is 5.31. The van der Waals surface area contributed by atoms with E-state index in [1.165, 1.54) is 7.11 Å². The van der Waals surface area contributed by atoms with Crippen LogP contribution in [0.1, 0.15) is 5.56 Å². The third-order valence-electron chi connectivity index (χ3n) is 1.88. The van der Waals surface area contributed by atoms with E-state index in [-0.39, 0.29) is 12.4 Å². The molecule has 0 saturated carbocycles. The number of hydrogen-bond acceptors (Lipinski definition) is 4. The molecule has 0 heterocycles. The molecule has 0 aliphatic carbocycles. The van der Waals surface area contributed by atoms with E-state index in [2.05, 4.69) is 20.7 Å². The van der Waals surface area contributed by atoms with E-state index in [4.69, 9.17) is 11.5 Å². The molecule has 0 aliphatic heterocycles. The molecule has 0 amide bonds. The zero-order valence-corrected chi connectivity index (χ0v) is 9.30. The third-order valence-corrected chi connectivity index (χ3v) is 2.63. The lowest BCUT2D eigenvalue weighted by atomic mass is 10.1. The minimum absolute atomic E-state index is 0.119. The lowest BCUT2D eigenvalue weighted by Gasteiger charge is -2.09. The van der Waals surface area contributed by atoms with Crippen LogP contribution >= 0.6 is 15.9 Å². The molecule has 1 aromatic rings. The van der Waals surface area contributed by atoms with Crippen LogP contribution in [0, 0.1) is 0 Å². The van der Waals surface area contributed by atoms with Gasteiger partial charge in [-0.15, -0.1) is 0 Å². The average Bonchev–Trinajstić information content (AvgIpc) is 2.18. The Bertz CT molecular complexity index is 366. The number of halogens is 1. The molecular weight excluding hydrogens is 248 g/mol. The maximum absolute atomic E-state index is 11.1. The van der Waals surface area contributed by atoms with Crippen LogP contribution in [0.15, 0.2) is 16.6 Å². The SMILES string of the molecule is COC(=O)Cc1c(Br)ccc(N)c1N. The van der Waals surface area contributed by atoms with Crippen LogP contribution in [0.5, 0.6) is 0 Å². The van der Waals surface area contributed by atoms with Gasteiger partial charge in [0.2, 0.25) is 0 Å². The zero-order chi connectivity index (χ0) is 10.7. The van der Waals surface area contributed by atoms with Gasteiger partial charge in [0.15, 0.2) is 0 Å². The summed E-state index contributed by atoms with van der Waals surface area (Å²) in [5.74, 6) is -0.344. The average molecular weight is 259 g/mol. The molecule has 0 bridgehead atoms. The van der Waals surface area contributed by atoms with Crippen LogP contribution in [0.3, 0.4) is 0 Å². The number of anilines is 2. The molecule has 0 saturated heterocycles. The van der Waals surface area contributed by atoms with Gasteiger partial charge in [-0.1, -0.05) is 15.9 Å². The van der Waals surface area contributed by atoms with E-state index in [1.807, 2.05) is 0 Å². The second-order valence-electron chi connectivity index (χ2n) is 2.78. The summed E-state index contributed by atoms with van der Waals surface area (Å²) in [4.78, 5) is 11.1. The van der Waals surface area contributed by atoms with Gasteiger partial charge >= 0.3 is 5.97 Å². The van der Waals surface area contributed by atoms with Crippen molar-refractivity contribution < 1.29 is 9.53 Å². The van der Waals surface area contributed by atoms with Gasteiger partial charge in [-0.3, -0.25) is 4.79 Å². The van der Waals surface area contributed by atoms with E-state index in [1.54, 1.807) is 12.1 Å². The molecule has 5 heteroatoms. The van der Waals surface area contributed by atoms with E-state index in [0.717, 1.165) is 4.47 Å². The van der Waals surface area contributed by atoms with Gasteiger partial charge in [0.1, 0.15) is 0 Å². The van der Waals surface area contributed by atoms with Crippen molar-refractivity contribution in [1.29, 1.82) is 0 Å². The van der Waals surface area contributed by atoms with E-state index >= 15 is 0 Å². The normalized spacial score (nSPS) is 9.86. The summed E-state index contributed by atoms with van der Waals surface area (Å²) in [6.45, 7) is 0. The lowest BCUT2D eigenvalue weighted by Crippen LogP contribution is -2.09. The first-order valence-corrected chi connectivity index (χ1v) is 4.74. The molecule has 76 valence electrons. The summed E-state index contributed by atoms with van der Waals surface area (Å²) in [7, 11) is 1.33. The molecule has 0 atom stereocenters. The van der Waals surface area contributed by atoms with Gasteiger partial charge < -0.3 is 16.2 Å². The van der Waals surface area contributed by atoms with Crippen molar-refractivity contribution >= 4 is 33.3 Å². The highest BCUT2D eigenvalue weighted by Crippen LogP contribution is 2.28. The Morgan fingerprint density at radius 2 is 2.14 bits per heavy atom. The van der Waals surface area contributed by atoms with Crippen molar-refractivity contribution in [3.05, 3.63) is 22.2 Å². The van der Waals surface area contributed by atoms with Gasteiger partial charge in [0, 0.05) is 10.0 Å². The van der Waals surface area contributed by atoms with Gasteiger partial charge in [-0.25, -0.2) is 0 Å². The van der Waals surface area contributed by atoms with E-state index in [9.17, 15) is 4.79 Å². The molecule has 4 nitrogen and oxygen atoms in total. The van der Waals surface area contributed by atoms with Crippen molar-refractivity contribution in [1.82, 2.24) is 0 Å². The van der Waals surface area contributed by atoms with Gasteiger partial charge in [0.25, 0.3) is 0 Å². The first kappa shape index (κ1) is 10.8. The topological polar surface area (TPSA) is 78.3 Å². The van der Waals surface area contributed by atoms with Crippen molar-refractivity contribution in [3.63, 3.8) is 0 Å². The Morgan fingerprint density at radius 3 is 2.71 bits per heavy atom. The Hall–Kier alpha value is -1.23. The first-order valence-electron chi connectivity index (χ1n) is 3.95. The summed E-state index contributed by atoms with van der Waals surface area (Å²) in [6.07, 6.45) is 0.119. The fourth-order valence-electron chi connectivity index (χ4n) is 1.05. The van der Waals surface area contributed by atoms with Crippen LogP contribution in [0.4, 0.5) is 11.4 Å². The first-order chi connectivity index (χ1) is 6.56. The Morgan fingerprint density at radius 1 is 1.50 bits per heavy atom. The van der Waals surface area contributed by atoms with Crippen LogP contribution in [0.25, 0.3) is 0 Å². The summed E-state index contributed by atoms with van der Waals surface area (Å²) >= 11 is 3.30.